The maximum atomic E-state index is 10.6. The molecule has 96 valence electrons. The van der Waals surface area contributed by atoms with E-state index in [0.717, 1.165) is 11.1 Å². The van der Waals surface area contributed by atoms with Crippen LogP contribution in [0.5, 0.6) is 0 Å². The summed E-state index contributed by atoms with van der Waals surface area (Å²) in [6.45, 7) is 3.99. The van der Waals surface area contributed by atoms with Crippen LogP contribution < -0.4 is 0 Å². The van der Waals surface area contributed by atoms with Gasteiger partial charge in [0.25, 0.3) is 0 Å². The maximum absolute atomic E-state index is 10.6. The topological polar surface area (TPSA) is 20.2 Å². The molecule has 2 rings (SSSR count). The summed E-state index contributed by atoms with van der Waals surface area (Å²) in [6.07, 6.45) is 0.565. The largest absolute Gasteiger partial charge is 0.373 e. The molecule has 0 bridgehead atoms. The molecule has 1 N–H and O–H groups in total. The smallest absolute Gasteiger partial charge is 0.151 e. The Hall–Kier alpha value is -2.04. The van der Waals surface area contributed by atoms with Gasteiger partial charge in [-0.05, 0) is 31.0 Å². The fourth-order valence-electron chi connectivity index (χ4n) is 1.89. The molecule has 19 heavy (non-hydrogen) atoms. The van der Waals surface area contributed by atoms with Gasteiger partial charge in [0.15, 0.2) is 5.60 Å². The zero-order chi connectivity index (χ0) is 13.7. The van der Waals surface area contributed by atoms with Gasteiger partial charge in [-0.1, -0.05) is 66.8 Å². The molecular weight excluding hydrogens is 232 g/mol. The Morgan fingerprint density at radius 3 is 2.21 bits per heavy atom. The van der Waals surface area contributed by atoms with Gasteiger partial charge in [-0.3, -0.25) is 0 Å². The lowest BCUT2D eigenvalue weighted by molar-refractivity contribution is 0.0960. The summed E-state index contributed by atoms with van der Waals surface area (Å²) in [4.78, 5) is 0. The van der Waals surface area contributed by atoms with Crippen molar-refractivity contribution < 1.29 is 5.11 Å². The van der Waals surface area contributed by atoms with E-state index in [1.807, 2.05) is 68.4 Å². The molecule has 0 fully saturated rings. The molecule has 0 aromatic heterocycles. The zero-order valence-electron chi connectivity index (χ0n) is 11.4. The SMILES string of the molecule is CCC(O)(C#Cc1ccc(C)cc1)c1ccccc1. The predicted molar refractivity (Wildman–Crippen MR) is 78.7 cm³/mol. The van der Waals surface area contributed by atoms with E-state index in [1.54, 1.807) is 0 Å². The molecule has 0 radical (unpaired) electrons. The molecule has 0 spiro atoms. The summed E-state index contributed by atoms with van der Waals surface area (Å²) < 4.78 is 0. The third kappa shape index (κ3) is 3.24. The Morgan fingerprint density at radius 1 is 1.00 bits per heavy atom. The number of aliphatic hydroxyl groups is 1. The van der Waals surface area contributed by atoms with Crippen LogP contribution in [-0.4, -0.2) is 5.11 Å². The van der Waals surface area contributed by atoms with Crippen molar-refractivity contribution in [3.05, 3.63) is 71.3 Å². The third-order valence-corrected chi connectivity index (χ3v) is 3.23. The van der Waals surface area contributed by atoms with Crippen molar-refractivity contribution in [2.45, 2.75) is 25.9 Å². The first-order valence-electron chi connectivity index (χ1n) is 6.52. The number of hydrogen-bond acceptors (Lipinski definition) is 1. The average molecular weight is 250 g/mol. The van der Waals surface area contributed by atoms with Crippen molar-refractivity contribution in [3.63, 3.8) is 0 Å². The van der Waals surface area contributed by atoms with E-state index >= 15 is 0 Å². The van der Waals surface area contributed by atoms with Crippen molar-refractivity contribution in [1.29, 1.82) is 0 Å². The molecule has 0 aliphatic carbocycles. The van der Waals surface area contributed by atoms with E-state index in [2.05, 4.69) is 11.8 Å². The molecule has 2 aromatic carbocycles. The summed E-state index contributed by atoms with van der Waals surface area (Å²) in [7, 11) is 0. The first-order chi connectivity index (χ1) is 9.14. The third-order valence-electron chi connectivity index (χ3n) is 3.23. The highest BCUT2D eigenvalue weighted by molar-refractivity contribution is 5.40. The van der Waals surface area contributed by atoms with E-state index in [-0.39, 0.29) is 0 Å². The van der Waals surface area contributed by atoms with Crippen molar-refractivity contribution in [3.8, 4) is 11.8 Å². The Labute approximate surface area is 114 Å². The van der Waals surface area contributed by atoms with Gasteiger partial charge >= 0.3 is 0 Å². The second-order valence-corrected chi connectivity index (χ2v) is 4.70. The molecule has 1 nitrogen and oxygen atoms in total. The van der Waals surface area contributed by atoms with Crippen LogP contribution in [0.1, 0.15) is 30.0 Å². The molecule has 0 amide bonds. The van der Waals surface area contributed by atoms with Crippen LogP contribution in [0, 0.1) is 18.8 Å². The van der Waals surface area contributed by atoms with E-state index in [0.29, 0.717) is 6.42 Å². The molecule has 0 aliphatic rings. The Balaban J connectivity index is 2.32. The Bertz CT molecular complexity index is 587. The molecule has 1 atom stereocenters. The van der Waals surface area contributed by atoms with Gasteiger partial charge < -0.3 is 5.11 Å². The summed E-state index contributed by atoms with van der Waals surface area (Å²) >= 11 is 0. The Morgan fingerprint density at radius 2 is 1.63 bits per heavy atom. The lowest BCUT2D eigenvalue weighted by atomic mass is 9.91. The summed E-state index contributed by atoms with van der Waals surface area (Å²) in [6, 6.07) is 17.6. The van der Waals surface area contributed by atoms with E-state index in [9.17, 15) is 5.11 Å². The van der Waals surface area contributed by atoms with Crippen molar-refractivity contribution in [2.24, 2.45) is 0 Å². The number of aryl methyl sites for hydroxylation is 1. The monoisotopic (exact) mass is 250 g/mol. The van der Waals surface area contributed by atoms with Gasteiger partial charge in [-0.25, -0.2) is 0 Å². The minimum atomic E-state index is -1.08. The molecule has 1 unspecified atom stereocenters. The standard InChI is InChI=1S/C18H18O/c1-3-18(19,17-7-5-4-6-8-17)14-13-16-11-9-15(2)10-12-16/h4-12,19H,3H2,1-2H3. The number of benzene rings is 2. The van der Waals surface area contributed by atoms with Gasteiger partial charge in [0.2, 0.25) is 0 Å². The molecule has 1 heteroatoms. The average Bonchev–Trinajstić information content (AvgIpc) is 2.47. The van der Waals surface area contributed by atoms with Gasteiger partial charge in [0.1, 0.15) is 0 Å². The minimum Gasteiger partial charge on any atom is -0.373 e. The fraction of sp³-hybridized carbons (Fsp3) is 0.222. The van der Waals surface area contributed by atoms with Crippen LogP contribution in [-0.2, 0) is 5.60 Å². The second-order valence-electron chi connectivity index (χ2n) is 4.70. The molecule has 0 saturated carbocycles. The molecule has 0 heterocycles. The van der Waals surface area contributed by atoms with E-state index in [1.165, 1.54) is 5.56 Å². The van der Waals surface area contributed by atoms with E-state index < -0.39 is 5.60 Å². The van der Waals surface area contributed by atoms with Gasteiger partial charge in [0.05, 0.1) is 0 Å². The van der Waals surface area contributed by atoms with Crippen LogP contribution in [0.4, 0.5) is 0 Å². The first-order valence-corrected chi connectivity index (χ1v) is 6.52. The Kier molecular flexibility index (Phi) is 4.04. The quantitative estimate of drug-likeness (QED) is 0.807. The van der Waals surface area contributed by atoms with Crippen LogP contribution in [0.2, 0.25) is 0 Å². The van der Waals surface area contributed by atoms with Crippen LogP contribution in [0.15, 0.2) is 54.6 Å². The summed E-state index contributed by atoms with van der Waals surface area (Å²) in [5, 5.41) is 10.6. The number of hydrogen-bond donors (Lipinski definition) is 1. The zero-order valence-corrected chi connectivity index (χ0v) is 11.4. The van der Waals surface area contributed by atoms with Crippen molar-refractivity contribution in [2.75, 3.05) is 0 Å². The normalized spacial score (nSPS) is 13.2. The number of rotatable bonds is 2. The molecule has 2 aromatic rings. The van der Waals surface area contributed by atoms with Crippen molar-refractivity contribution >= 4 is 0 Å². The first kappa shape index (κ1) is 13.4. The molecule has 0 aliphatic heterocycles. The minimum absolute atomic E-state index is 0.565. The maximum Gasteiger partial charge on any atom is 0.151 e. The highest BCUT2D eigenvalue weighted by Gasteiger charge is 2.23. The molecular formula is C18H18O. The summed E-state index contributed by atoms with van der Waals surface area (Å²) in [5.41, 5.74) is 1.90. The second kappa shape index (κ2) is 5.73. The molecule has 0 saturated heterocycles. The fourth-order valence-corrected chi connectivity index (χ4v) is 1.89. The van der Waals surface area contributed by atoms with Gasteiger partial charge in [-0.15, -0.1) is 0 Å². The van der Waals surface area contributed by atoms with Crippen molar-refractivity contribution in [1.82, 2.24) is 0 Å². The lowest BCUT2D eigenvalue weighted by Gasteiger charge is -2.20. The van der Waals surface area contributed by atoms with E-state index in [4.69, 9.17) is 0 Å². The van der Waals surface area contributed by atoms with Crippen LogP contribution in [0.3, 0.4) is 0 Å². The highest BCUT2D eigenvalue weighted by Crippen LogP contribution is 2.23. The van der Waals surface area contributed by atoms with Crippen LogP contribution in [0.25, 0.3) is 0 Å². The van der Waals surface area contributed by atoms with Crippen LogP contribution >= 0.6 is 0 Å². The lowest BCUT2D eigenvalue weighted by Crippen LogP contribution is -2.22. The van der Waals surface area contributed by atoms with Gasteiger partial charge in [0, 0.05) is 5.56 Å². The summed E-state index contributed by atoms with van der Waals surface area (Å²) in [5.74, 6) is 6.07. The predicted octanol–water partition coefficient (Wildman–Crippen LogP) is 3.64. The highest BCUT2D eigenvalue weighted by atomic mass is 16.3. The van der Waals surface area contributed by atoms with Gasteiger partial charge in [-0.2, -0.15) is 0 Å².